The van der Waals surface area contributed by atoms with Crippen molar-refractivity contribution in [2.45, 2.75) is 26.4 Å². The van der Waals surface area contributed by atoms with E-state index in [0.29, 0.717) is 5.56 Å². The van der Waals surface area contributed by atoms with E-state index >= 15 is 0 Å². The zero-order valence-corrected chi connectivity index (χ0v) is 12.0. The lowest BCUT2D eigenvalue weighted by atomic mass is 10.1. The van der Waals surface area contributed by atoms with Crippen LogP contribution in [0.2, 0.25) is 0 Å². The summed E-state index contributed by atoms with van der Waals surface area (Å²) < 4.78 is 4.81. The molecule has 0 spiro atoms. The first-order chi connectivity index (χ1) is 9.93. The van der Waals surface area contributed by atoms with Gasteiger partial charge in [0.1, 0.15) is 6.04 Å². The molecule has 7 heteroatoms. The lowest BCUT2D eigenvalue weighted by Gasteiger charge is -2.12. The van der Waals surface area contributed by atoms with Gasteiger partial charge < -0.3 is 21.1 Å². The fourth-order valence-electron chi connectivity index (χ4n) is 1.57. The second-order valence-electron chi connectivity index (χ2n) is 4.36. The summed E-state index contributed by atoms with van der Waals surface area (Å²) in [6.45, 7) is 3.81. The van der Waals surface area contributed by atoms with Crippen LogP contribution in [0.5, 0.6) is 0 Å². The summed E-state index contributed by atoms with van der Waals surface area (Å²) in [7, 11) is 0. The molecule has 0 radical (unpaired) electrons. The molecule has 0 aliphatic rings. The number of rotatable bonds is 6. The third-order valence-corrected chi connectivity index (χ3v) is 2.67. The zero-order chi connectivity index (χ0) is 15.8. The maximum Gasteiger partial charge on any atom is 0.328 e. The standard InChI is InChI=1S/C14H19N3O4/c1-3-21-13(19)9(2)17-12(18)11-6-4-10(5-7-11)8-16-14(15)20/h4-7,9H,3,8H2,1-2H3,(H,17,18)(H3,15,16,20). The van der Waals surface area contributed by atoms with E-state index < -0.39 is 18.0 Å². The molecule has 0 saturated heterocycles. The first-order valence-corrected chi connectivity index (χ1v) is 6.53. The van der Waals surface area contributed by atoms with E-state index in [0.717, 1.165) is 5.56 Å². The highest BCUT2D eigenvalue weighted by atomic mass is 16.5. The minimum atomic E-state index is -0.714. The summed E-state index contributed by atoms with van der Waals surface area (Å²) in [5.41, 5.74) is 6.19. The highest BCUT2D eigenvalue weighted by molar-refractivity contribution is 5.96. The van der Waals surface area contributed by atoms with Gasteiger partial charge in [0, 0.05) is 12.1 Å². The van der Waals surface area contributed by atoms with Crippen LogP contribution in [-0.2, 0) is 16.1 Å². The number of ether oxygens (including phenoxy) is 1. The van der Waals surface area contributed by atoms with Gasteiger partial charge in [0.15, 0.2) is 0 Å². The van der Waals surface area contributed by atoms with Gasteiger partial charge in [0.05, 0.1) is 6.61 Å². The Hall–Kier alpha value is -2.57. The van der Waals surface area contributed by atoms with Crippen molar-refractivity contribution in [3.63, 3.8) is 0 Å². The van der Waals surface area contributed by atoms with Gasteiger partial charge in [-0.05, 0) is 31.5 Å². The van der Waals surface area contributed by atoms with E-state index in [9.17, 15) is 14.4 Å². The number of nitrogens with one attached hydrogen (secondary N) is 2. The summed E-state index contributed by atoms with van der Waals surface area (Å²) in [6, 6.07) is 5.27. The van der Waals surface area contributed by atoms with Crippen LogP contribution in [0, 0.1) is 0 Å². The number of primary amides is 1. The molecule has 1 atom stereocenters. The molecule has 0 aliphatic carbocycles. The lowest BCUT2D eigenvalue weighted by Crippen LogP contribution is -2.39. The van der Waals surface area contributed by atoms with Gasteiger partial charge in [0.25, 0.3) is 5.91 Å². The van der Waals surface area contributed by atoms with Crippen molar-refractivity contribution >= 4 is 17.9 Å². The van der Waals surface area contributed by atoms with Crippen LogP contribution in [0.4, 0.5) is 4.79 Å². The van der Waals surface area contributed by atoms with E-state index in [1.54, 1.807) is 38.1 Å². The highest BCUT2D eigenvalue weighted by Crippen LogP contribution is 2.05. The topological polar surface area (TPSA) is 111 Å². The Morgan fingerprint density at radius 3 is 2.38 bits per heavy atom. The second kappa shape index (κ2) is 7.88. The molecule has 0 heterocycles. The van der Waals surface area contributed by atoms with Crippen LogP contribution in [-0.4, -0.2) is 30.6 Å². The van der Waals surface area contributed by atoms with Gasteiger partial charge in [0.2, 0.25) is 0 Å². The molecule has 1 aromatic carbocycles. The molecular weight excluding hydrogens is 274 g/mol. The van der Waals surface area contributed by atoms with E-state index in [2.05, 4.69) is 10.6 Å². The average Bonchev–Trinajstić information content (AvgIpc) is 2.45. The Morgan fingerprint density at radius 1 is 1.24 bits per heavy atom. The molecule has 1 aromatic rings. The molecule has 114 valence electrons. The molecule has 0 aliphatic heterocycles. The number of esters is 1. The van der Waals surface area contributed by atoms with Crippen LogP contribution in [0.15, 0.2) is 24.3 Å². The number of carbonyl (C=O) groups excluding carboxylic acids is 3. The largest absolute Gasteiger partial charge is 0.464 e. The van der Waals surface area contributed by atoms with Crippen molar-refractivity contribution in [1.82, 2.24) is 10.6 Å². The Labute approximate surface area is 122 Å². The molecule has 21 heavy (non-hydrogen) atoms. The van der Waals surface area contributed by atoms with Gasteiger partial charge in [-0.2, -0.15) is 0 Å². The molecule has 4 N–H and O–H groups in total. The average molecular weight is 293 g/mol. The van der Waals surface area contributed by atoms with Gasteiger partial charge in [-0.1, -0.05) is 12.1 Å². The van der Waals surface area contributed by atoms with Crippen LogP contribution in [0.1, 0.15) is 29.8 Å². The Morgan fingerprint density at radius 2 is 1.86 bits per heavy atom. The third kappa shape index (κ3) is 5.52. The number of amides is 3. The molecule has 0 saturated carbocycles. The number of urea groups is 1. The highest BCUT2D eigenvalue weighted by Gasteiger charge is 2.17. The number of carbonyl (C=O) groups is 3. The molecule has 7 nitrogen and oxygen atoms in total. The second-order valence-corrected chi connectivity index (χ2v) is 4.36. The summed E-state index contributed by atoms with van der Waals surface area (Å²) >= 11 is 0. The first-order valence-electron chi connectivity index (χ1n) is 6.53. The number of hydrogen-bond donors (Lipinski definition) is 3. The smallest absolute Gasteiger partial charge is 0.328 e. The van der Waals surface area contributed by atoms with E-state index in [1.807, 2.05) is 0 Å². The Balaban J connectivity index is 2.58. The normalized spacial score (nSPS) is 11.3. The van der Waals surface area contributed by atoms with Crippen molar-refractivity contribution in [2.75, 3.05) is 6.61 Å². The molecule has 1 unspecified atom stereocenters. The fraction of sp³-hybridized carbons (Fsp3) is 0.357. The van der Waals surface area contributed by atoms with Gasteiger partial charge in [-0.3, -0.25) is 4.79 Å². The Kier molecular flexibility index (Phi) is 6.19. The molecule has 3 amide bonds. The number of nitrogens with two attached hydrogens (primary N) is 1. The van der Waals surface area contributed by atoms with Crippen LogP contribution >= 0.6 is 0 Å². The Bertz CT molecular complexity index is 513. The predicted octanol–water partition coefficient (Wildman–Crippen LogP) is 0.536. The van der Waals surface area contributed by atoms with Crippen LogP contribution in [0.3, 0.4) is 0 Å². The lowest BCUT2D eigenvalue weighted by molar-refractivity contribution is -0.144. The van der Waals surface area contributed by atoms with Crippen LogP contribution < -0.4 is 16.4 Å². The van der Waals surface area contributed by atoms with E-state index in [-0.39, 0.29) is 19.1 Å². The van der Waals surface area contributed by atoms with Crippen molar-refractivity contribution in [1.29, 1.82) is 0 Å². The maximum absolute atomic E-state index is 11.9. The van der Waals surface area contributed by atoms with Crippen LogP contribution in [0.25, 0.3) is 0 Å². The van der Waals surface area contributed by atoms with E-state index in [4.69, 9.17) is 10.5 Å². The van der Waals surface area contributed by atoms with Gasteiger partial charge >= 0.3 is 12.0 Å². The zero-order valence-electron chi connectivity index (χ0n) is 12.0. The summed E-state index contributed by atoms with van der Waals surface area (Å²) in [5, 5.41) is 5.00. The summed E-state index contributed by atoms with van der Waals surface area (Å²) in [4.78, 5) is 33.9. The molecule has 0 fully saturated rings. The summed E-state index contributed by atoms with van der Waals surface area (Å²) in [6.07, 6.45) is 0. The SMILES string of the molecule is CCOC(=O)C(C)NC(=O)c1ccc(CNC(N)=O)cc1. The number of hydrogen-bond acceptors (Lipinski definition) is 4. The third-order valence-electron chi connectivity index (χ3n) is 2.67. The molecular formula is C14H19N3O4. The summed E-state index contributed by atoms with van der Waals surface area (Å²) in [5.74, 6) is -0.849. The fourth-order valence-corrected chi connectivity index (χ4v) is 1.57. The van der Waals surface area contributed by atoms with Gasteiger partial charge in [-0.15, -0.1) is 0 Å². The quantitative estimate of drug-likeness (QED) is 0.664. The molecule has 0 bridgehead atoms. The van der Waals surface area contributed by atoms with Crippen molar-refractivity contribution in [3.8, 4) is 0 Å². The van der Waals surface area contributed by atoms with Gasteiger partial charge in [-0.25, -0.2) is 9.59 Å². The van der Waals surface area contributed by atoms with Crippen molar-refractivity contribution < 1.29 is 19.1 Å². The minimum Gasteiger partial charge on any atom is -0.464 e. The predicted molar refractivity (Wildman–Crippen MR) is 76.4 cm³/mol. The minimum absolute atomic E-state index is 0.264. The molecule has 0 aromatic heterocycles. The van der Waals surface area contributed by atoms with Crippen molar-refractivity contribution in [2.24, 2.45) is 5.73 Å². The molecule has 1 rings (SSSR count). The maximum atomic E-state index is 11.9. The van der Waals surface area contributed by atoms with Crippen molar-refractivity contribution in [3.05, 3.63) is 35.4 Å². The van der Waals surface area contributed by atoms with E-state index in [1.165, 1.54) is 0 Å². The monoisotopic (exact) mass is 293 g/mol. The number of benzene rings is 1. The first kappa shape index (κ1) is 16.5.